The Morgan fingerprint density at radius 1 is 1.44 bits per heavy atom. The van der Waals surface area contributed by atoms with Crippen molar-refractivity contribution in [2.75, 3.05) is 0 Å². The number of hydrogen-bond acceptors (Lipinski definition) is 3. The minimum Gasteiger partial charge on any atom is -0.481 e. The molecule has 0 heterocycles. The van der Waals surface area contributed by atoms with Gasteiger partial charge in [0.05, 0.1) is 5.92 Å². The minimum atomic E-state index is -0.789. The molecule has 0 saturated heterocycles. The number of carboxylic acid groups (broad SMARTS) is 1. The van der Waals surface area contributed by atoms with Gasteiger partial charge in [-0.3, -0.25) is 4.79 Å². The quantitative estimate of drug-likeness (QED) is 0.674. The first kappa shape index (κ1) is 12.9. The highest BCUT2D eigenvalue weighted by Crippen LogP contribution is 2.57. The van der Waals surface area contributed by atoms with Crippen LogP contribution in [0.25, 0.3) is 0 Å². The third kappa shape index (κ3) is 2.48. The van der Waals surface area contributed by atoms with Gasteiger partial charge in [0, 0.05) is 17.2 Å². The van der Waals surface area contributed by atoms with Gasteiger partial charge in [0.2, 0.25) is 0 Å². The molecule has 1 unspecified atom stereocenters. The van der Waals surface area contributed by atoms with Crippen LogP contribution in [-0.2, 0) is 4.79 Å². The Morgan fingerprint density at radius 3 is 2.56 bits per heavy atom. The highest BCUT2D eigenvalue weighted by molar-refractivity contribution is 6.30. The van der Waals surface area contributed by atoms with E-state index in [0.29, 0.717) is 10.8 Å². The zero-order valence-electron chi connectivity index (χ0n) is 10.1. The summed E-state index contributed by atoms with van der Waals surface area (Å²) in [7, 11) is 0. The fourth-order valence-electron chi connectivity index (χ4n) is 2.08. The highest BCUT2D eigenvalue weighted by Gasteiger charge is 2.61. The van der Waals surface area contributed by atoms with E-state index in [-0.39, 0.29) is 17.3 Å². The summed E-state index contributed by atoms with van der Waals surface area (Å²) in [6, 6.07) is 6.81. The first-order chi connectivity index (χ1) is 8.43. The Balaban J connectivity index is 1.93. The minimum absolute atomic E-state index is 0.0812. The Morgan fingerprint density at radius 2 is 2.06 bits per heavy atom. The highest BCUT2D eigenvalue weighted by atomic mass is 35.5. The van der Waals surface area contributed by atoms with Gasteiger partial charge in [0.1, 0.15) is 0 Å². The fraction of sp³-hybridized carbons (Fsp3) is 0.385. The van der Waals surface area contributed by atoms with Gasteiger partial charge >= 0.3 is 5.97 Å². The molecule has 96 valence electrons. The van der Waals surface area contributed by atoms with Crippen LogP contribution in [0, 0.1) is 17.3 Å². The topological polar surface area (TPSA) is 58.9 Å². The number of oxime groups is 1. The standard InChI is InChI=1S/C13H14ClNO3/c1-13(2)10(11(13)12(16)17)7-15-18-9-5-3-8(14)4-6-9/h3-7,10-11H,1-2H3,(H,16,17)/t10?,11-/m0/s1. The lowest BCUT2D eigenvalue weighted by Crippen LogP contribution is -2.03. The van der Waals surface area contributed by atoms with E-state index in [1.54, 1.807) is 30.5 Å². The maximum absolute atomic E-state index is 10.9. The molecule has 18 heavy (non-hydrogen) atoms. The molecular formula is C13H14ClNO3. The number of aliphatic carboxylic acids is 1. The van der Waals surface area contributed by atoms with Gasteiger partial charge < -0.3 is 9.94 Å². The summed E-state index contributed by atoms with van der Waals surface area (Å²) in [5.41, 5.74) is -0.251. The Kier molecular flexibility index (Phi) is 3.30. The van der Waals surface area contributed by atoms with Crippen LogP contribution in [0.5, 0.6) is 5.75 Å². The summed E-state index contributed by atoms with van der Waals surface area (Å²) in [5.74, 6) is -0.679. The van der Waals surface area contributed by atoms with Crippen molar-refractivity contribution in [1.82, 2.24) is 0 Å². The molecule has 0 amide bonds. The molecule has 0 radical (unpaired) electrons. The van der Waals surface area contributed by atoms with Gasteiger partial charge in [-0.25, -0.2) is 0 Å². The number of carboxylic acids is 1. The predicted octanol–water partition coefficient (Wildman–Crippen LogP) is 3.06. The van der Waals surface area contributed by atoms with Crippen LogP contribution < -0.4 is 4.84 Å². The first-order valence-corrected chi connectivity index (χ1v) is 5.99. The fourth-order valence-corrected chi connectivity index (χ4v) is 2.21. The van der Waals surface area contributed by atoms with E-state index in [0.717, 1.165) is 0 Å². The molecule has 0 spiro atoms. The van der Waals surface area contributed by atoms with Crippen LogP contribution >= 0.6 is 11.6 Å². The molecule has 0 bridgehead atoms. The van der Waals surface area contributed by atoms with Gasteiger partial charge in [0.15, 0.2) is 5.75 Å². The van der Waals surface area contributed by atoms with E-state index in [2.05, 4.69) is 5.16 Å². The third-order valence-corrected chi connectivity index (χ3v) is 3.62. The molecule has 1 aliphatic rings. The van der Waals surface area contributed by atoms with Crippen LogP contribution in [0.4, 0.5) is 0 Å². The van der Waals surface area contributed by atoms with E-state index in [9.17, 15) is 4.79 Å². The third-order valence-electron chi connectivity index (χ3n) is 3.37. The second-order valence-corrected chi connectivity index (χ2v) is 5.40. The molecule has 1 aliphatic carbocycles. The predicted molar refractivity (Wildman–Crippen MR) is 69.0 cm³/mol. The molecule has 1 fully saturated rings. The van der Waals surface area contributed by atoms with Crippen molar-refractivity contribution in [2.24, 2.45) is 22.4 Å². The lowest BCUT2D eigenvalue weighted by atomic mass is 10.1. The van der Waals surface area contributed by atoms with Crippen molar-refractivity contribution in [2.45, 2.75) is 13.8 Å². The number of carbonyl (C=O) groups is 1. The average Bonchev–Trinajstić information content (AvgIpc) is 2.84. The number of halogens is 1. The van der Waals surface area contributed by atoms with E-state index < -0.39 is 5.97 Å². The molecule has 1 N–H and O–H groups in total. The van der Waals surface area contributed by atoms with Crippen LogP contribution in [0.15, 0.2) is 29.4 Å². The molecule has 0 aromatic heterocycles. The lowest BCUT2D eigenvalue weighted by Gasteiger charge is -1.98. The monoisotopic (exact) mass is 267 g/mol. The van der Waals surface area contributed by atoms with E-state index in [4.69, 9.17) is 21.5 Å². The molecule has 5 heteroatoms. The molecule has 1 saturated carbocycles. The van der Waals surface area contributed by atoms with Gasteiger partial charge in [-0.1, -0.05) is 30.6 Å². The summed E-state index contributed by atoms with van der Waals surface area (Å²) in [5, 5.41) is 13.4. The SMILES string of the molecule is CC1(C)C(C=NOc2ccc(Cl)cc2)[C@H]1C(=O)O. The summed E-state index contributed by atoms with van der Waals surface area (Å²) in [4.78, 5) is 16.1. The zero-order chi connectivity index (χ0) is 13.3. The van der Waals surface area contributed by atoms with Gasteiger partial charge in [-0.2, -0.15) is 0 Å². The van der Waals surface area contributed by atoms with Crippen molar-refractivity contribution < 1.29 is 14.7 Å². The first-order valence-electron chi connectivity index (χ1n) is 5.62. The van der Waals surface area contributed by atoms with Crippen LogP contribution in [0.2, 0.25) is 5.02 Å². The van der Waals surface area contributed by atoms with Crippen molar-refractivity contribution in [3.63, 3.8) is 0 Å². The summed E-state index contributed by atoms with van der Waals surface area (Å²) in [6.07, 6.45) is 1.56. The van der Waals surface area contributed by atoms with E-state index in [1.807, 2.05) is 13.8 Å². The summed E-state index contributed by atoms with van der Waals surface area (Å²) < 4.78 is 0. The van der Waals surface area contributed by atoms with Crippen molar-refractivity contribution in [3.8, 4) is 5.75 Å². The van der Waals surface area contributed by atoms with Crippen molar-refractivity contribution in [1.29, 1.82) is 0 Å². The molecule has 4 nitrogen and oxygen atoms in total. The normalized spacial score (nSPS) is 25.1. The number of hydrogen-bond donors (Lipinski definition) is 1. The maximum Gasteiger partial charge on any atom is 0.307 e. The van der Waals surface area contributed by atoms with Crippen molar-refractivity contribution in [3.05, 3.63) is 29.3 Å². The van der Waals surface area contributed by atoms with E-state index >= 15 is 0 Å². The Hall–Kier alpha value is -1.55. The Bertz CT molecular complexity index is 482. The van der Waals surface area contributed by atoms with Gasteiger partial charge in [-0.05, 0) is 29.7 Å². The molecule has 1 aromatic carbocycles. The Labute approximate surface area is 110 Å². The van der Waals surface area contributed by atoms with Gasteiger partial charge in [-0.15, -0.1) is 0 Å². The number of rotatable bonds is 4. The molecule has 1 aromatic rings. The second kappa shape index (κ2) is 4.61. The number of benzene rings is 1. The smallest absolute Gasteiger partial charge is 0.307 e. The maximum atomic E-state index is 10.9. The van der Waals surface area contributed by atoms with Crippen molar-refractivity contribution >= 4 is 23.8 Å². The summed E-state index contributed by atoms with van der Waals surface area (Å²) in [6.45, 7) is 3.82. The zero-order valence-corrected chi connectivity index (χ0v) is 10.9. The lowest BCUT2D eigenvalue weighted by molar-refractivity contribution is -0.139. The largest absolute Gasteiger partial charge is 0.481 e. The molecular weight excluding hydrogens is 254 g/mol. The molecule has 2 rings (SSSR count). The van der Waals surface area contributed by atoms with Crippen LogP contribution in [0.3, 0.4) is 0 Å². The van der Waals surface area contributed by atoms with Gasteiger partial charge in [0.25, 0.3) is 0 Å². The molecule has 2 atom stereocenters. The van der Waals surface area contributed by atoms with Crippen LogP contribution in [0.1, 0.15) is 13.8 Å². The molecule has 0 aliphatic heterocycles. The van der Waals surface area contributed by atoms with E-state index in [1.165, 1.54) is 0 Å². The number of nitrogens with zero attached hydrogens (tertiary/aromatic N) is 1. The summed E-state index contributed by atoms with van der Waals surface area (Å²) >= 11 is 5.74. The average molecular weight is 268 g/mol. The van der Waals surface area contributed by atoms with Crippen LogP contribution in [-0.4, -0.2) is 17.3 Å². The second-order valence-electron chi connectivity index (χ2n) is 4.96.